The van der Waals surface area contributed by atoms with Crippen LogP contribution in [0, 0.1) is 0 Å². The molecule has 2 aromatic carbocycles. The lowest BCUT2D eigenvalue weighted by Crippen LogP contribution is -2.14. The second-order valence-electron chi connectivity index (χ2n) is 12.6. The second kappa shape index (κ2) is 23.2. The predicted molar refractivity (Wildman–Crippen MR) is 194 cm³/mol. The highest BCUT2D eigenvalue weighted by Gasteiger charge is 2.12. The summed E-state index contributed by atoms with van der Waals surface area (Å²) in [6.45, 7) is 13.6. The fraction of sp³-hybridized carbons (Fsp3) is 0.659. The Balaban J connectivity index is 2.15. The van der Waals surface area contributed by atoms with Crippen LogP contribution in [-0.4, -0.2) is 11.4 Å². The van der Waals surface area contributed by atoms with E-state index >= 15 is 0 Å². The fourth-order valence-electron chi connectivity index (χ4n) is 5.93. The van der Waals surface area contributed by atoms with Crippen LogP contribution >= 0.6 is 0 Å². The third-order valence-corrected chi connectivity index (χ3v) is 8.85. The summed E-state index contributed by atoms with van der Waals surface area (Å²) in [5.41, 5.74) is 10.2. The van der Waals surface area contributed by atoms with Crippen LogP contribution in [0.1, 0.15) is 173 Å². The first-order valence-corrected chi connectivity index (χ1v) is 18.5. The Labute approximate surface area is 267 Å². The molecule has 0 saturated carbocycles. The molecule has 0 N–H and O–H groups in total. The maximum Gasteiger partial charge on any atom is 0.0639 e. The maximum atomic E-state index is 5.39. The minimum Gasteiger partial charge on any atom is -0.252 e. The third kappa shape index (κ3) is 15.4. The van der Waals surface area contributed by atoms with Crippen LogP contribution in [0.2, 0.25) is 0 Å². The lowest BCUT2D eigenvalue weighted by molar-refractivity contribution is 0.541. The Morgan fingerprint density at radius 3 is 1.00 bits per heavy atom. The van der Waals surface area contributed by atoms with Gasteiger partial charge in [-0.1, -0.05) is 137 Å². The molecular formula is C41H66N2. The molecule has 0 heterocycles. The molecule has 0 fully saturated rings. The highest BCUT2D eigenvalue weighted by molar-refractivity contribution is 6.43. The van der Waals surface area contributed by atoms with Gasteiger partial charge in [-0.15, -0.1) is 0 Å². The van der Waals surface area contributed by atoms with Gasteiger partial charge in [0.25, 0.3) is 0 Å². The van der Waals surface area contributed by atoms with Gasteiger partial charge in [0.1, 0.15) is 0 Å². The van der Waals surface area contributed by atoms with E-state index in [9.17, 15) is 0 Å². The van der Waals surface area contributed by atoms with Crippen LogP contribution in [0.5, 0.6) is 0 Å². The summed E-state index contributed by atoms with van der Waals surface area (Å²) >= 11 is 0. The zero-order chi connectivity index (χ0) is 31.1. The number of rotatable bonds is 24. The molecule has 0 unspecified atom stereocenters. The van der Waals surface area contributed by atoms with Crippen molar-refractivity contribution in [2.75, 3.05) is 0 Å². The highest BCUT2D eigenvalue weighted by Crippen LogP contribution is 2.24. The summed E-state index contributed by atoms with van der Waals surface area (Å²) in [6, 6.07) is 13.9. The summed E-state index contributed by atoms with van der Waals surface area (Å²) in [5.74, 6) is 0. The Hall–Kier alpha value is -2.22. The van der Waals surface area contributed by atoms with Crippen molar-refractivity contribution in [1.29, 1.82) is 0 Å². The molecule has 43 heavy (non-hydrogen) atoms. The quantitative estimate of drug-likeness (QED) is 0.0863. The first-order chi connectivity index (χ1) is 21.1. The summed E-state index contributed by atoms with van der Waals surface area (Å²) in [4.78, 5) is 10.8. The van der Waals surface area contributed by atoms with Crippen LogP contribution < -0.4 is 0 Å². The molecular weight excluding hydrogens is 520 g/mol. The van der Waals surface area contributed by atoms with E-state index in [-0.39, 0.29) is 0 Å². The molecule has 2 rings (SSSR count). The van der Waals surface area contributed by atoms with Gasteiger partial charge in [-0.3, -0.25) is 9.98 Å². The van der Waals surface area contributed by atoms with E-state index < -0.39 is 0 Å². The smallest absolute Gasteiger partial charge is 0.0639 e. The number of hydrogen-bond acceptors (Lipinski definition) is 2. The van der Waals surface area contributed by atoms with Crippen LogP contribution in [-0.2, 0) is 25.7 Å². The highest BCUT2D eigenvalue weighted by atomic mass is 14.8. The van der Waals surface area contributed by atoms with Gasteiger partial charge >= 0.3 is 0 Å². The summed E-state index contributed by atoms with van der Waals surface area (Å²) in [7, 11) is 0. The molecule has 0 aliphatic heterocycles. The van der Waals surface area contributed by atoms with Gasteiger partial charge in [-0.25, -0.2) is 0 Å². The monoisotopic (exact) mass is 587 g/mol. The molecule has 0 spiro atoms. The van der Waals surface area contributed by atoms with Gasteiger partial charge in [0.15, 0.2) is 0 Å². The number of aliphatic imine (C=N–C) groups is 2. The van der Waals surface area contributed by atoms with E-state index in [0.29, 0.717) is 0 Å². The van der Waals surface area contributed by atoms with E-state index in [1.807, 2.05) is 0 Å². The number of hydrogen-bond donors (Lipinski definition) is 0. The van der Waals surface area contributed by atoms with Crippen LogP contribution in [0.3, 0.4) is 0 Å². The molecule has 2 heteroatoms. The Bertz CT molecular complexity index is 1030. The van der Waals surface area contributed by atoms with Crippen molar-refractivity contribution in [3.8, 4) is 0 Å². The third-order valence-electron chi connectivity index (χ3n) is 8.85. The van der Waals surface area contributed by atoms with E-state index in [4.69, 9.17) is 9.98 Å². The van der Waals surface area contributed by atoms with E-state index in [0.717, 1.165) is 56.3 Å². The molecule has 0 aliphatic carbocycles. The number of aryl methyl sites for hydroxylation is 4. The van der Waals surface area contributed by atoms with E-state index in [1.165, 1.54) is 124 Å². The van der Waals surface area contributed by atoms with Crippen LogP contribution in [0.4, 0.5) is 11.4 Å². The van der Waals surface area contributed by atoms with Gasteiger partial charge < -0.3 is 0 Å². The minimum atomic E-state index is 1.000. The van der Waals surface area contributed by atoms with Gasteiger partial charge in [0, 0.05) is 0 Å². The van der Waals surface area contributed by atoms with Gasteiger partial charge in [-0.2, -0.15) is 0 Å². The molecule has 2 nitrogen and oxygen atoms in total. The molecule has 240 valence electrons. The molecule has 0 saturated heterocycles. The first kappa shape index (κ1) is 37.0. The molecule has 0 atom stereocenters. The molecule has 0 bridgehead atoms. The van der Waals surface area contributed by atoms with E-state index in [2.05, 4.69) is 77.9 Å². The largest absolute Gasteiger partial charge is 0.252 e. The zero-order valence-electron chi connectivity index (χ0n) is 29.2. The topological polar surface area (TPSA) is 24.7 Å². The van der Waals surface area contributed by atoms with Crippen molar-refractivity contribution in [2.24, 2.45) is 9.98 Å². The molecule has 2 aromatic rings. The standard InChI is InChI=1S/C41H66N2/c1-7-13-15-16-17-18-19-20-21-22-23-24-25-27-41(43-39-32-36(11-5)29-37(12-6)33-39)40(26-14-8-2)42-38-30-34(9-3)28-35(10-4)31-38/h28-33H,7-27H2,1-6H3. The van der Waals surface area contributed by atoms with Gasteiger partial charge in [0.05, 0.1) is 22.8 Å². The lowest BCUT2D eigenvalue weighted by Gasteiger charge is -2.13. The average molecular weight is 587 g/mol. The second-order valence-corrected chi connectivity index (χ2v) is 12.6. The fourth-order valence-corrected chi connectivity index (χ4v) is 5.93. The molecule has 0 amide bonds. The lowest BCUT2D eigenvalue weighted by atomic mass is 10.00. The normalized spacial score (nSPS) is 12.3. The van der Waals surface area contributed by atoms with Gasteiger partial charge in [-0.05, 0) is 97.9 Å². The Morgan fingerprint density at radius 1 is 0.372 bits per heavy atom. The van der Waals surface area contributed by atoms with Gasteiger partial charge in [0.2, 0.25) is 0 Å². The van der Waals surface area contributed by atoms with Crippen LogP contribution in [0.15, 0.2) is 46.4 Å². The summed E-state index contributed by atoms with van der Waals surface area (Å²) in [6.07, 6.45) is 26.5. The summed E-state index contributed by atoms with van der Waals surface area (Å²) in [5, 5.41) is 0. The van der Waals surface area contributed by atoms with Crippen molar-refractivity contribution in [3.05, 3.63) is 58.7 Å². The van der Waals surface area contributed by atoms with Crippen molar-refractivity contribution >= 4 is 22.8 Å². The Kier molecular flexibility index (Phi) is 19.9. The number of nitrogens with zero attached hydrogens (tertiary/aromatic N) is 2. The number of benzene rings is 2. The molecule has 0 aliphatic rings. The SMILES string of the molecule is CCCCCCCCCCCCCCCC(=Nc1cc(CC)cc(CC)c1)C(CCCC)=Nc1cc(CC)cc(CC)c1. The number of unbranched alkanes of at least 4 members (excludes halogenated alkanes) is 13. The zero-order valence-corrected chi connectivity index (χ0v) is 29.2. The van der Waals surface area contributed by atoms with Crippen molar-refractivity contribution in [2.45, 2.75) is 176 Å². The van der Waals surface area contributed by atoms with Crippen molar-refractivity contribution in [3.63, 3.8) is 0 Å². The van der Waals surface area contributed by atoms with Crippen molar-refractivity contribution in [1.82, 2.24) is 0 Å². The summed E-state index contributed by atoms with van der Waals surface area (Å²) < 4.78 is 0. The first-order valence-electron chi connectivity index (χ1n) is 18.5. The van der Waals surface area contributed by atoms with E-state index in [1.54, 1.807) is 0 Å². The average Bonchev–Trinajstić information content (AvgIpc) is 3.04. The Morgan fingerprint density at radius 2 is 0.674 bits per heavy atom. The maximum absolute atomic E-state index is 5.39. The molecule has 0 aromatic heterocycles. The predicted octanol–water partition coefficient (Wildman–Crippen LogP) is 13.5. The van der Waals surface area contributed by atoms with Crippen LogP contribution in [0.25, 0.3) is 0 Å². The minimum absolute atomic E-state index is 1.000. The molecule has 0 radical (unpaired) electrons. The van der Waals surface area contributed by atoms with Crippen molar-refractivity contribution < 1.29 is 0 Å².